The number of imide groups is 1. The number of amides is 3. The summed E-state index contributed by atoms with van der Waals surface area (Å²) in [6, 6.07) is 19.5. The van der Waals surface area contributed by atoms with Crippen LogP contribution in [0.5, 0.6) is 0 Å². The molecule has 1 saturated heterocycles. The van der Waals surface area contributed by atoms with E-state index in [1.807, 2.05) is 17.0 Å². The van der Waals surface area contributed by atoms with Crippen LogP contribution in [0.1, 0.15) is 31.8 Å². The molecule has 0 saturated carbocycles. The van der Waals surface area contributed by atoms with Gasteiger partial charge in [-0.2, -0.15) is 0 Å². The number of carbonyl (C=O) groups excluding carboxylic acids is 3. The van der Waals surface area contributed by atoms with Gasteiger partial charge >= 0.3 is 6.09 Å². The maximum absolute atomic E-state index is 15.2. The molecule has 0 N–H and O–H groups in total. The lowest BCUT2D eigenvalue weighted by Crippen LogP contribution is -2.38. The van der Waals surface area contributed by atoms with Gasteiger partial charge < -0.3 is 9.64 Å². The standard InChI is InChI=1S/C27H22FN3O4/c28-23-13-19(9-10-24(23)29-12-11-17-5-1-2-6-18(17)14-29)30-15-20(35-27(30)34)16-31-25(32)21-7-3-4-8-22(21)26(31)33/h1-10,13,20H,11-12,14-16H2/t20-/m1/s1. The zero-order chi connectivity index (χ0) is 24.1. The van der Waals surface area contributed by atoms with Crippen LogP contribution in [0.2, 0.25) is 0 Å². The summed E-state index contributed by atoms with van der Waals surface area (Å²) in [6.07, 6.45) is -0.494. The Balaban J connectivity index is 1.16. The summed E-state index contributed by atoms with van der Waals surface area (Å²) in [5, 5.41) is 0. The molecule has 35 heavy (non-hydrogen) atoms. The van der Waals surface area contributed by atoms with Crippen molar-refractivity contribution in [2.24, 2.45) is 0 Å². The first-order valence-corrected chi connectivity index (χ1v) is 11.5. The molecule has 3 amide bonds. The third kappa shape index (κ3) is 3.62. The van der Waals surface area contributed by atoms with Gasteiger partial charge in [-0.3, -0.25) is 19.4 Å². The van der Waals surface area contributed by atoms with Crippen LogP contribution in [-0.4, -0.2) is 48.5 Å². The molecule has 0 unspecified atom stereocenters. The van der Waals surface area contributed by atoms with Crippen LogP contribution in [0.4, 0.5) is 20.6 Å². The molecule has 3 aromatic carbocycles. The summed E-state index contributed by atoms with van der Waals surface area (Å²) in [5.74, 6) is -1.23. The van der Waals surface area contributed by atoms with Gasteiger partial charge in [0.25, 0.3) is 11.8 Å². The molecule has 0 aromatic heterocycles. The van der Waals surface area contributed by atoms with E-state index in [-0.39, 0.29) is 13.1 Å². The van der Waals surface area contributed by atoms with Crippen LogP contribution < -0.4 is 9.80 Å². The van der Waals surface area contributed by atoms with E-state index >= 15 is 4.39 Å². The van der Waals surface area contributed by atoms with E-state index in [0.29, 0.717) is 35.6 Å². The molecule has 3 aliphatic rings. The second kappa shape index (κ2) is 8.23. The van der Waals surface area contributed by atoms with Crippen molar-refractivity contribution in [3.63, 3.8) is 0 Å². The predicted molar refractivity (Wildman–Crippen MR) is 127 cm³/mol. The van der Waals surface area contributed by atoms with Crippen LogP contribution in [0.15, 0.2) is 66.7 Å². The number of nitrogens with zero attached hydrogens (tertiary/aromatic N) is 3. The number of hydrogen-bond donors (Lipinski definition) is 0. The largest absolute Gasteiger partial charge is 0.442 e. The van der Waals surface area contributed by atoms with Gasteiger partial charge in [0, 0.05) is 13.1 Å². The molecule has 176 valence electrons. The van der Waals surface area contributed by atoms with Crippen LogP contribution >= 0.6 is 0 Å². The summed E-state index contributed by atoms with van der Waals surface area (Å²) in [6.45, 7) is 1.40. The van der Waals surface area contributed by atoms with Gasteiger partial charge in [0.05, 0.1) is 35.6 Å². The smallest absolute Gasteiger partial charge is 0.414 e. The predicted octanol–water partition coefficient (Wildman–Crippen LogP) is 4.01. The molecule has 0 radical (unpaired) electrons. The number of anilines is 2. The summed E-state index contributed by atoms with van der Waals surface area (Å²) in [5.41, 5.74) is 4.01. The Hall–Kier alpha value is -4.20. The Bertz CT molecular complexity index is 1340. The van der Waals surface area contributed by atoms with Gasteiger partial charge in [0.2, 0.25) is 0 Å². The molecular weight excluding hydrogens is 449 g/mol. The van der Waals surface area contributed by atoms with E-state index in [0.717, 1.165) is 11.3 Å². The van der Waals surface area contributed by atoms with E-state index in [1.54, 1.807) is 36.4 Å². The molecule has 1 fully saturated rings. The highest BCUT2D eigenvalue weighted by Crippen LogP contribution is 2.31. The topological polar surface area (TPSA) is 70.2 Å². The van der Waals surface area contributed by atoms with Crippen molar-refractivity contribution in [1.29, 1.82) is 0 Å². The Kier molecular flexibility index (Phi) is 5.02. The van der Waals surface area contributed by atoms with Crippen LogP contribution in [0.25, 0.3) is 0 Å². The van der Waals surface area contributed by atoms with Gasteiger partial charge in [-0.15, -0.1) is 0 Å². The molecule has 6 rings (SSSR count). The molecule has 3 aromatic rings. The van der Waals surface area contributed by atoms with Gasteiger partial charge in [0.15, 0.2) is 0 Å². The van der Waals surface area contributed by atoms with Crippen LogP contribution in [-0.2, 0) is 17.7 Å². The van der Waals surface area contributed by atoms with Gasteiger partial charge in [-0.05, 0) is 47.9 Å². The molecule has 8 heteroatoms. The Morgan fingerprint density at radius 3 is 2.29 bits per heavy atom. The third-order valence-electron chi connectivity index (χ3n) is 6.85. The van der Waals surface area contributed by atoms with Crippen LogP contribution in [0.3, 0.4) is 0 Å². The average Bonchev–Trinajstić information content (AvgIpc) is 3.36. The number of rotatable bonds is 4. The molecule has 1 atom stereocenters. The maximum Gasteiger partial charge on any atom is 0.414 e. The first kappa shape index (κ1) is 21.3. The Labute approximate surface area is 201 Å². The third-order valence-corrected chi connectivity index (χ3v) is 6.85. The molecule has 0 bridgehead atoms. The van der Waals surface area contributed by atoms with E-state index in [2.05, 4.69) is 12.1 Å². The summed E-state index contributed by atoms with van der Waals surface area (Å²) in [4.78, 5) is 42.3. The second-order valence-corrected chi connectivity index (χ2v) is 8.96. The van der Waals surface area contributed by atoms with Crippen molar-refractivity contribution in [2.75, 3.05) is 29.4 Å². The highest BCUT2D eigenvalue weighted by molar-refractivity contribution is 6.21. The number of halogens is 1. The van der Waals surface area contributed by atoms with Crippen molar-refractivity contribution in [3.8, 4) is 0 Å². The SMILES string of the molecule is O=C1c2ccccc2C(=O)N1C[C@H]1CN(c2ccc(N3CCc4ccccc4C3)c(F)c2)C(=O)O1. The van der Waals surface area contributed by atoms with E-state index in [9.17, 15) is 14.4 Å². The average molecular weight is 471 g/mol. The minimum absolute atomic E-state index is 0.0532. The summed E-state index contributed by atoms with van der Waals surface area (Å²) < 4.78 is 20.6. The number of benzene rings is 3. The fourth-order valence-corrected chi connectivity index (χ4v) is 5.06. The lowest BCUT2D eigenvalue weighted by Gasteiger charge is -2.31. The number of ether oxygens (including phenoxy) is 1. The van der Waals surface area contributed by atoms with Crippen molar-refractivity contribution in [2.45, 2.75) is 19.1 Å². The minimum atomic E-state index is -0.703. The second-order valence-electron chi connectivity index (χ2n) is 8.96. The van der Waals surface area contributed by atoms with E-state index in [4.69, 9.17) is 4.74 Å². The lowest BCUT2D eigenvalue weighted by atomic mass is 9.99. The number of carbonyl (C=O) groups is 3. The quantitative estimate of drug-likeness (QED) is 0.538. The number of cyclic esters (lactones) is 1. The summed E-state index contributed by atoms with van der Waals surface area (Å²) in [7, 11) is 0. The molecule has 7 nitrogen and oxygen atoms in total. The van der Waals surface area contributed by atoms with Crippen molar-refractivity contribution in [1.82, 2.24) is 4.90 Å². The first-order valence-electron chi connectivity index (χ1n) is 11.5. The molecular formula is C27H22FN3O4. The lowest BCUT2D eigenvalue weighted by molar-refractivity contribution is 0.0558. The van der Waals surface area contributed by atoms with Crippen molar-refractivity contribution in [3.05, 3.63) is 94.8 Å². The van der Waals surface area contributed by atoms with E-state index < -0.39 is 29.8 Å². The van der Waals surface area contributed by atoms with Crippen molar-refractivity contribution < 1.29 is 23.5 Å². The van der Waals surface area contributed by atoms with Crippen LogP contribution in [0, 0.1) is 5.82 Å². The normalized spacial score (nSPS) is 19.2. The molecule has 0 spiro atoms. The van der Waals surface area contributed by atoms with Gasteiger partial charge in [0.1, 0.15) is 11.9 Å². The molecule has 3 heterocycles. The van der Waals surface area contributed by atoms with Gasteiger partial charge in [-0.25, -0.2) is 9.18 Å². The fraction of sp³-hybridized carbons (Fsp3) is 0.222. The Morgan fingerprint density at radius 1 is 0.886 bits per heavy atom. The fourth-order valence-electron chi connectivity index (χ4n) is 5.06. The molecule has 3 aliphatic heterocycles. The minimum Gasteiger partial charge on any atom is -0.442 e. The highest BCUT2D eigenvalue weighted by atomic mass is 19.1. The van der Waals surface area contributed by atoms with Crippen molar-refractivity contribution >= 4 is 29.3 Å². The first-order chi connectivity index (χ1) is 17.0. The highest BCUT2D eigenvalue weighted by Gasteiger charge is 2.40. The molecule has 0 aliphatic carbocycles. The summed E-state index contributed by atoms with van der Waals surface area (Å²) >= 11 is 0. The number of hydrogen-bond acceptors (Lipinski definition) is 5. The maximum atomic E-state index is 15.2. The number of fused-ring (bicyclic) bond motifs is 2. The monoisotopic (exact) mass is 471 g/mol. The zero-order valence-corrected chi connectivity index (χ0v) is 18.8. The zero-order valence-electron chi connectivity index (χ0n) is 18.8. The van der Waals surface area contributed by atoms with E-state index in [1.165, 1.54) is 22.1 Å². The Morgan fingerprint density at radius 2 is 1.57 bits per heavy atom. The van der Waals surface area contributed by atoms with Gasteiger partial charge in [-0.1, -0.05) is 36.4 Å².